The smallest absolute Gasteiger partial charge is 0.225 e. The zero-order chi connectivity index (χ0) is 25.1. The molecule has 3 rings (SSSR count). The third-order valence-electron chi connectivity index (χ3n) is 7.32. The van der Waals surface area contributed by atoms with Crippen LogP contribution in [0.15, 0.2) is 12.1 Å². The van der Waals surface area contributed by atoms with Crippen molar-refractivity contribution in [3.63, 3.8) is 0 Å². The zero-order valence-electron chi connectivity index (χ0n) is 22.4. The van der Waals surface area contributed by atoms with Crippen LogP contribution in [-0.2, 0) is 32.0 Å². The van der Waals surface area contributed by atoms with Crippen molar-refractivity contribution in [3.8, 4) is 0 Å². The van der Waals surface area contributed by atoms with Crippen LogP contribution in [0.2, 0.25) is 0 Å². The van der Waals surface area contributed by atoms with E-state index in [1.165, 1.54) is 5.56 Å². The molecular formula is C28H47N3O4. The molecule has 0 aromatic carbocycles. The molecule has 2 saturated heterocycles. The van der Waals surface area contributed by atoms with Crippen molar-refractivity contribution in [2.45, 2.75) is 90.9 Å². The van der Waals surface area contributed by atoms with E-state index in [0.717, 1.165) is 95.7 Å². The van der Waals surface area contributed by atoms with Crippen molar-refractivity contribution < 1.29 is 19.0 Å². The van der Waals surface area contributed by atoms with Gasteiger partial charge in [-0.25, -0.2) is 0 Å². The lowest BCUT2D eigenvalue weighted by Crippen LogP contribution is -2.48. The highest BCUT2D eigenvalue weighted by atomic mass is 16.5. The Hall–Kier alpha value is -1.54. The monoisotopic (exact) mass is 489 g/mol. The van der Waals surface area contributed by atoms with Crippen molar-refractivity contribution >= 4 is 5.91 Å². The van der Waals surface area contributed by atoms with Crippen LogP contribution < -0.4 is 10.6 Å². The topological polar surface area (TPSA) is 81.7 Å². The second-order valence-corrected chi connectivity index (χ2v) is 11.0. The van der Waals surface area contributed by atoms with E-state index in [0.29, 0.717) is 18.6 Å². The van der Waals surface area contributed by atoms with Gasteiger partial charge in [0.25, 0.3) is 0 Å². The molecule has 1 aromatic heterocycles. The van der Waals surface area contributed by atoms with E-state index >= 15 is 0 Å². The van der Waals surface area contributed by atoms with E-state index in [-0.39, 0.29) is 17.4 Å². The number of aryl methyl sites for hydroxylation is 2. The first-order chi connectivity index (χ1) is 16.9. The molecule has 3 heterocycles. The number of piperidine rings is 1. The number of nitrogens with one attached hydrogen (secondary N) is 2. The third kappa shape index (κ3) is 9.79. The molecule has 0 saturated carbocycles. The molecule has 35 heavy (non-hydrogen) atoms. The average Bonchev–Trinajstić information content (AvgIpc) is 2.85. The Labute approximate surface area is 212 Å². The first-order valence-corrected chi connectivity index (χ1v) is 13.5. The maximum Gasteiger partial charge on any atom is 0.225 e. The van der Waals surface area contributed by atoms with Crippen molar-refractivity contribution in [1.82, 2.24) is 15.6 Å². The maximum absolute atomic E-state index is 12.9. The molecule has 0 spiro atoms. The number of hydrogen-bond donors (Lipinski definition) is 2. The molecule has 2 fully saturated rings. The van der Waals surface area contributed by atoms with Gasteiger partial charge in [0.1, 0.15) is 0 Å². The summed E-state index contributed by atoms with van der Waals surface area (Å²) in [5.41, 5.74) is 3.00. The van der Waals surface area contributed by atoms with Gasteiger partial charge in [0, 0.05) is 62.9 Å². The van der Waals surface area contributed by atoms with Crippen LogP contribution in [0.3, 0.4) is 0 Å². The van der Waals surface area contributed by atoms with Gasteiger partial charge >= 0.3 is 0 Å². The summed E-state index contributed by atoms with van der Waals surface area (Å²) in [5, 5.41) is 6.84. The minimum Gasteiger partial charge on any atom is -0.385 e. The molecule has 2 aliphatic rings. The Morgan fingerprint density at radius 1 is 1.20 bits per heavy atom. The van der Waals surface area contributed by atoms with Crippen LogP contribution >= 0.6 is 0 Å². The molecule has 2 N–H and O–H groups in total. The summed E-state index contributed by atoms with van der Waals surface area (Å²) < 4.78 is 16.8. The Morgan fingerprint density at radius 3 is 2.71 bits per heavy atom. The lowest BCUT2D eigenvalue weighted by atomic mass is 9.82. The van der Waals surface area contributed by atoms with E-state index in [9.17, 15) is 4.79 Å². The third-order valence-corrected chi connectivity index (χ3v) is 7.32. The highest BCUT2D eigenvalue weighted by molar-refractivity contribution is 5.81. The Kier molecular flexibility index (Phi) is 11.4. The lowest BCUT2D eigenvalue weighted by Gasteiger charge is -2.35. The van der Waals surface area contributed by atoms with E-state index in [2.05, 4.69) is 48.5 Å². The van der Waals surface area contributed by atoms with Gasteiger partial charge in [0.15, 0.2) is 0 Å². The number of amides is 1. The summed E-state index contributed by atoms with van der Waals surface area (Å²) in [6.07, 6.45) is 8.30. The van der Waals surface area contributed by atoms with Crippen LogP contribution in [0.5, 0.6) is 0 Å². The summed E-state index contributed by atoms with van der Waals surface area (Å²) in [6, 6.07) is 4.65. The Bertz CT molecular complexity index is 771. The number of unbranched alkanes of at least 4 members (excludes halogenated alkanes) is 1. The molecule has 198 valence electrons. The van der Waals surface area contributed by atoms with E-state index in [1.54, 1.807) is 7.11 Å². The van der Waals surface area contributed by atoms with Crippen molar-refractivity contribution in [2.75, 3.05) is 40.0 Å². The highest BCUT2D eigenvalue weighted by Gasteiger charge is 2.33. The predicted molar refractivity (Wildman–Crippen MR) is 138 cm³/mol. The number of rotatable bonds is 13. The van der Waals surface area contributed by atoms with Crippen molar-refractivity contribution in [2.24, 2.45) is 11.3 Å². The molecule has 2 aliphatic heterocycles. The number of carbonyl (C=O) groups is 1. The fraction of sp³-hybridized carbons (Fsp3) is 0.786. The molecule has 0 unspecified atom stereocenters. The first kappa shape index (κ1) is 28.0. The van der Waals surface area contributed by atoms with Gasteiger partial charge in [0.2, 0.25) is 5.91 Å². The minimum atomic E-state index is -0.384. The zero-order valence-corrected chi connectivity index (χ0v) is 22.4. The number of aromatic nitrogens is 1. The van der Waals surface area contributed by atoms with Gasteiger partial charge in [-0.3, -0.25) is 9.78 Å². The van der Waals surface area contributed by atoms with E-state index in [4.69, 9.17) is 14.2 Å². The quantitative estimate of drug-likeness (QED) is 0.408. The van der Waals surface area contributed by atoms with Gasteiger partial charge in [-0.2, -0.15) is 0 Å². The standard InChI is InChI=1S/C28H47N3O4/c1-21-15-23(16-24(31-21)7-5-6-12-33-4)20-35-26-9-8-25(29-19-26)17-28(2,3)27(32)30-18-22-10-13-34-14-11-22/h15-16,22,25-26,29H,5-14,17-20H2,1-4H3,(H,30,32)/t25-,26+/m0/s1. The molecule has 0 aliphatic carbocycles. The van der Waals surface area contributed by atoms with Crippen LogP contribution in [0.25, 0.3) is 0 Å². The van der Waals surface area contributed by atoms with E-state index < -0.39 is 0 Å². The molecule has 7 heteroatoms. The van der Waals surface area contributed by atoms with Gasteiger partial charge in [0.05, 0.1) is 12.7 Å². The van der Waals surface area contributed by atoms with Crippen LogP contribution in [0.1, 0.15) is 75.7 Å². The molecule has 0 radical (unpaired) electrons. The number of hydrogen-bond acceptors (Lipinski definition) is 6. The molecule has 1 aromatic rings. The highest BCUT2D eigenvalue weighted by Crippen LogP contribution is 2.27. The summed E-state index contributed by atoms with van der Waals surface area (Å²) in [7, 11) is 1.75. The summed E-state index contributed by atoms with van der Waals surface area (Å²) >= 11 is 0. The second-order valence-electron chi connectivity index (χ2n) is 11.0. The molecule has 7 nitrogen and oxygen atoms in total. The van der Waals surface area contributed by atoms with Crippen LogP contribution in [0.4, 0.5) is 0 Å². The summed E-state index contributed by atoms with van der Waals surface area (Å²) in [6.45, 7) is 10.8. The number of pyridine rings is 1. The van der Waals surface area contributed by atoms with Crippen LogP contribution in [0, 0.1) is 18.3 Å². The Morgan fingerprint density at radius 2 is 2.00 bits per heavy atom. The van der Waals surface area contributed by atoms with Gasteiger partial charge in [-0.1, -0.05) is 13.8 Å². The number of carbonyl (C=O) groups excluding carboxylic acids is 1. The average molecular weight is 490 g/mol. The number of methoxy groups -OCH3 is 1. The fourth-order valence-corrected chi connectivity index (χ4v) is 5.13. The number of ether oxygens (including phenoxy) is 3. The first-order valence-electron chi connectivity index (χ1n) is 13.5. The molecule has 0 bridgehead atoms. The number of nitrogens with zero attached hydrogens (tertiary/aromatic N) is 1. The molecule has 2 atom stereocenters. The SMILES string of the molecule is COCCCCc1cc(CO[C@@H]2CC[C@@H](CC(C)(C)C(=O)NCC3CCOCC3)NC2)cc(C)n1. The largest absolute Gasteiger partial charge is 0.385 e. The molecular weight excluding hydrogens is 442 g/mol. The predicted octanol–water partition coefficient (Wildman–Crippen LogP) is 3.96. The van der Waals surface area contributed by atoms with Crippen LogP contribution in [-0.4, -0.2) is 63.1 Å². The minimum absolute atomic E-state index is 0.162. The maximum atomic E-state index is 12.9. The molecule has 1 amide bonds. The summed E-state index contributed by atoms with van der Waals surface area (Å²) in [4.78, 5) is 17.5. The Balaban J connectivity index is 1.37. The normalized spacial score (nSPS) is 21.7. The second kappa shape index (κ2) is 14.3. The van der Waals surface area contributed by atoms with E-state index in [1.807, 2.05) is 0 Å². The summed E-state index contributed by atoms with van der Waals surface area (Å²) in [5.74, 6) is 0.709. The van der Waals surface area contributed by atoms with Gasteiger partial charge in [-0.15, -0.1) is 0 Å². The lowest BCUT2D eigenvalue weighted by molar-refractivity contribution is -0.130. The van der Waals surface area contributed by atoms with Gasteiger partial charge in [-0.05, 0) is 81.9 Å². The van der Waals surface area contributed by atoms with Gasteiger partial charge < -0.3 is 24.8 Å². The van der Waals surface area contributed by atoms with Crippen molar-refractivity contribution in [1.29, 1.82) is 0 Å². The fourth-order valence-electron chi connectivity index (χ4n) is 5.13. The van der Waals surface area contributed by atoms with Crippen molar-refractivity contribution in [3.05, 3.63) is 29.1 Å².